The molecule has 3 rings (SSSR count). The van der Waals surface area contributed by atoms with Crippen molar-refractivity contribution in [2.24, 2.45) is 0 Å². The van der Waals surface area contributed by atoms with Crippen molar-refractivity contribution in [2.75, 3.05) is 17.7 Å². The number of thioether (sulfide) groups is 1. The van der Waals surface area contributed by atoms with Gasteiger partial charge in [0.1, 0.15) is 5.60 Å². The molecular weight excluding hydrogens is 382 g/mol. The van der Waals surface area contributed by atoms with Gasteiger partial charge in [0, 0.05) is 28.9 Å². The summed E-state index contributed by atoms with van der Waals surface area (Å²) in [5.41, 5.74) is -0.0693. The number of pyridine rings is 1. The third kappa shape index (κ3) is 4.72. The Labute approximate surface area is 166 Å². The van der Waals surface area contributed by atoms with Crippen molar-refractivity contribution in [3.63, 3.8) is 0 Å². The minimum absolute atomic E-state index is 0.177. The first-order valence-electron chi connectivity index (χ1n) is 8.85. The molecule has 0 saturated heterocycles. The van der Waals surface area contributed by atoms with Crippen LogP contribution in [0.4, 0.5) is 16.2 Å². The van der Waals surface area contributed by atoms with Gasteiger partial charge in [0.15, 0.2) is 5.75 Å². The van der Waals surface area contributed by atoms with Gasteiger partial charge in [-0.15, -0.1) is 11.8 Å². The van der Waals surface area contributed by atoms with E-state index in [0.717, 1.165) is 23.5 Å². The molecule has 0 atom stereocenters. The maximum atomic E-state index is 11.6. The van der Waals surface area contributed by atoms with Crippen LogP contribution in [0.2, 0.25) is 0 Å². The lowest BCUT2D eigenvalue weighted by Crippen LogP contribution is -2.34. The Morgan fingerprint density at radius 1 is 1.36 bits per heavy atom. The van der Waals surface area contributed by atoms with Crippen molar-refractivity contribution in [2.45, 2.75) is 37.2 Å². The first kappa shape index (κ1) is 19.9. The second-order valence-electron chi connectivity index (χ2n) is 6.74. The quantitative estimate of drug-likeness (QED) is 0.294. The first-order valence-corrected chi connectivity index (χ1v) is 9.84. The van der Waals surface area contributed by atoms with E-state index in [4.69, 9.17) is 9.47 Å². The number of hydrogen-bond donors (Lipinski definition) is 1. The summed E-state index contributed by atoms with van der Waals surface area (Å²) < 4.78 is 11.0. The first-order chi connectivity index (χ1) is 13.4. The number of nitro groups is 1. The van der Waals surface area contributed by atoms with Gasteiger partial charge in [0.2, 0.25) is 0 Å². The van der Waals surface area contributed by atoms with Crippen LogP contribution in [0.3, 0.4) is 0 Å². The minimum atomic E-state index is -0.898. The predicted molar refractivity (Wildman–Crippen MR) is 106 cm³/mol. The van der Waals surface area contributed by atoms with E-state index >= 15 is 0 Å². The molecule has 8 nitrogen and oxygen atoms in total. The molecule has 0 aliphatic carbocycles. The van der Waals surface area contributed by atoms with Gasteiger partial charge in [-0.25, -0.2) is 4.79 Å². The predicted octanol–water partition coefficient (Wildman–Crippen LogP) is 4.74. The van der Waals surface area contributed by atoms with Gasteiger partial charge in [-0.1, -0.05) is 0 Å². The number of ether oxygens (including phenoxy) is 2. The molecule has 1 amide bonds. The summed E-state index contributed by atoms with van der Waals surface area (Å²) in [4.78, 5) is 27.7. The monoisotopic (exact) mass is 403 g/mol. The van der Waals surface area contributed by atoms with Crippen LogP contribution < -0.4 is 10.1 Å². The summed E-state index contributed by atoms with van der Waals surface area (Å²) in [5, 5.41) is 13.9. The Balaban J connectivity index is 1.61. The number of carbonyl (C=O) groups is 1. The average Bonchev–Trinajstić information content (AvgIpc) is 2.64. The number of cyclic esters (lactones) is 1. The molecule has 0 bridgehead atoms. The molecular formula is C19H21N3O5S. The summed E-state index contributed by atoms with van der Waals surface area (Å²) in [5.74, 6) is 1.09. The number of unbranched alkanes of at least 4 members (excludes halogenated alkanes) is 1. The van der Waals surface area contributed by atoms with E-state index in [-0.39, 0.29) is 11.4 Å². The molecule has 0 saturated carbocycles. The van der Waals surface area contributed by atoms with Gasteiger partial charge in [0.25, 0.3) is 0 Å². The Morgan fingerprint density at radius 2 is 2.18 bits per heavy atom. The number of hydrogen-bond acceptors (Lipinski definition) is 7. The van der Waals surface area contributed by atoms with Crippen LogP contribution in [0.25, 0.3) is 0 Å². The number of nitrogens with zero attached hydrogens (tertiary/aromatic N) is 2. The Morgan fingerprint density at radius 3 is 2.89 bits per heavy atom. The van der Waals surface area contributed by atoms with Crippen LogP contribution in [0.15, 0.2) is 41.6 Å². The number of benzene rings is 1. The van der Waals surface area contributed by atoms with Gasteiger partial charge in [0.05, 0.1) is 17.2 Å². The fourth-order valence-corrected chi connectivity index (χ4v) is 3.75. The lowest BCUT2D eigenvalue weighted by Gasteiger charge is -2.32. The fourth-order valence-electron chi connectivity index (χ4n) is 2.86. The molecule has 2 heterocycles. The Bertz CT molecular complexity index is 873. The van der Waals surface area contributed by atoms with Crippen LogP contribution >= 0.6 is 11.8 Å². The van der Waals surface area contributed by atoms with Crippen molar-refractivity contribution in [3.8, 4) is 5.75 Å². The number of nitrogens with one attached hydrogen (secondary N) is 1. The van der Waals surface area contributed by atoms with Crippen molar-refractivity contribution < 1.29 is 19.2 Å². The van der Waals surface area contributed by atoms with Crippen LogP contribution in [0, 0.1) is 10.1 Å². The highest BCUT2D eigenvalue weighted by atomic mass is 32.2. The molecule has 9 heteroatoms. The number of nitro benzene ring substituents is 1. The molecule has 148 valence electrons. The molecule has 1 aromatic carbocycles. The molecule has 0 unspecified atom stereocenters. The molecule has 2 aromatic rings. The van der Waals surface area contributed by atoms with Crippen molar-refractivity contribution >= 4 is 29.2 Å². The summed E-state index contributed by atoms with van der Waals surface area (Å²) >= 11 is 1.71. The van der Waals surface area contributed by atoms with Gasteiger partial charge in [-0.2, -0.15) is 0 Å². The molecule has 1 N–H and O–H groups in total. The number of rotatable bonds is 8. The summed E-state index contributed by atoms with van der Waals surface area (Å²) in [6.45, 7) is 3.83. The number of amides is 1. The molecule has 28 heavy (non-hydrogen) atoms. The van der Waals surface area contributed by atoms with Crippen molar-refractivity contribution in [1.29, 1.82) is 0 Å². The summed E-state index contributed by atoms with van der Waals surface area (Å²) in [6.07, 6.45) is 4.59. The average molecular weight is 403 g/mol. The smallest absolute Gasteiger partial charge is 0.412 e. The molecule has 1 aromatic heterocycles. The molecule has 0 spiro atoms. The highest BCUT2D eigenvalue weighted by Gasteiger charge is 2.36. The van der Waals surface area contributed by atoms with Crippen LogP contribution in [0.5, 0.6) is 5.75 Å². The largest absolute Gasteiger partial charge is 0.487 e. The summed E-state index contributed by atoms with van der Waals surface area (Å²) in [6, 6.07) is 6.81. The van der Waals surface area contributed by atoms with Crippen LogP contribution in [-0.2, 0) is 10.3 Å². The van der Waals surface area contributed by atoms with E-state index in [1.54, 1.807) is 37.9 Å². The zero-order valence-corrected chi connectivity index (χ0v) is 16.5. The number of carbonyl (C=O) groups excluding carboxylic acids is 1. The highest BCUT2D eigenvalue weighted by molar-refractivity contribution is 7.99. The number of anilines is 1. The van der Waals surface area contributed by atoms with E-state index in [0.29, 0.717) is 17.9 Å². The lowest BCUT2D eigenvalue weighted by atomic mass is 9.94. The van der Waals surface area contributed by atoms with Crippen molar-refractivity contribution in [1.82, 2.24) is 4.98 Å². The zero-order chi connectivity index (χ0) is 20.1. The standard InChI is InChI=1S/C19H21N3O5S/c1-19(2)14-10-17(16(22(24)25)11-15(14)21-18(23)27-19)26-8-3-4-9-28-13-6-5-7-20-12-13/h5-7,10-12H,3-4,8-9H2,1-2H3,(H,21,23). The second-order valence-corrected chi connectivity index (χ2v) is 7.91. The summed E-state index contributed by atoms with van der Waals surface area (Å²) in [7, 11) is 0. The van der Waals surface area contributed by atoms with E-state index in [1.165, 1.54) is 6.07 Å². The van der Waals surface area contributed by atoms with Gasteiger partial charge in [-0.3, -0.25) is 20.4 Å². The topological polar surface area (TPSA) is 104 Å². The SMILES string of the molecule is CC1(C)OC(=O)Nc2cc([N+](=O)[O-])c(OCCCCSc3cccnc3)cc21. The molecule has 1 aliphatic heterocycles. The third-order valence-electron chi connectivity index (χ3n) is 4.23. The maximum absolute atomic E-state index is 11.6. The Hall–Kier alpha value is -2.81. The fraction of sp³-hybridized carbons (Fsp3) is 0.368. The van der Waals surface area contributed by atoms with Crippen LogP contribution in [0.1, 0.15) is 32.3 Å². The van der Waals surface area contributed by atoms with E-state index < -0.39 is 16.6 Å². The second kappa shape index (κ2) is 8.47. The zero-order valence-electron chi connectivity index (χ0n) is 15.6. The Kier molecular flexibility index (Phi) is 6.03. The highest BCUT2D eigenvalue weighted by Crippen LogP contribution is 2.42. The third-order valence-corrected chi connectivity index (χ3v) is 5.30. The van der Waals surface area contributed by atoms with Gasteiger partial charge in [-0.05, 0) is 50.6 Å². The number of aromatic nitrogens is 1. The van der Waals surface area contributed by atoms with Gasteiger partial charge < -0.3 is 9.47 Å². The van der Waals surface area contributed by atoms with Crippen molar-refractivity contribution in [3.05, 3.63) is 52.3 Å². The lowest BCUT2D eigenvalue weighted by molar-refractivity contribution is -0.385. The minimum Gasteiger partial charge on any atom is -0.487 e. The van der Waals surface area contributed by atoms with E-state index in [2.05, 4.69) is 10.3 Å². The maximum Gasteiger partial charge on any atom is 0.412 e. The normalized spacial score (nSPS) is 14.6. The molecule has 0 fully saturated rings. The van der Waals surface area contributed by atoms with Gasteiger partial charge >= 0.3 is 11.8 Å². The molecule has 1 aliphatic rings. The van der Waals surface area contributed by atoms with E-state index in [9.17, 15) is 14.9 Å². The number of fused-ring (bicyclic) bond motifs is 1. The van der Waals surface area contributed by atoms with E-state index in [1.807, 2.05) is 18.3 Å². The molecule has 0 radical (unpaired) electrons. The van der Waals surface area contributed by atoms with Crippen LogP contribution in [-0.4, -0.2) is 28.4 Å².